The zero-order valence-corrected chi connectivity index (χ0v) is 20.4. The summed E-state index contributed by atoms with van der Waals surface area (Å²) in [6.45, 7) is 5.46. The van der Waals surface area contributed by atoms with Crippen molar-refractivity contribution in [3.05, 3.63) is 48.2 Å². The second-order valence-electron chi connectivity index (χ2n) is 9.31. The molecule has 3 aliphatic rings. The number of carbonyl (C=O) groups is 1. The first-order valence-electron chi connectivity index (χ1n) is 12.4. The van der Waals surface area contributed by atoms with Crippen molar-refractivity contribution in [1.29, 1.82) is 0 Å². The third-order valence-electron chi connectivity index (χ3n) is 7.14. The number of amides is 1. The predicted octanol–water partition coefficient (Wildman–Crippen LogP) is 2.82. The summed E-state index contributed by atoms with van der Waals surface area (Å²) in [4.78, 5) is 24.6. The maximum absolute atomic E-state index is 13.7. The molecule has 5 rings (SSSR count). The number of piperazine rings is 1. The van der Waals surface area contributed by atoms with Crippen molar-refractivity contribution in [2.24, 2.45) is 0 Å². The summed E-state index contributed by atoms with van der Waals surface area (Å²) in [6.07, 6.45) is 6.79. The summed E-state index contributed by atoms with van der Waals surface area (Å²) in [5.74, 6) is 0.834. The Morgan fingerprint density at radius 1 is 0.765 bits per heavy atom. The summed E-state index contributed by atoms with van der Waals surface area (Å²) in [5, 5.41) is 0. The van der Waals surface area contributed by atoms with Crippen LogP contribution in [0.1, 0.15) is 42.5 Å². The van der Waals surface area contributed by atoms with Crippen molar-refractivity contribution in [2.75, 3.05) is 62.2 Å². The number of piperidine rings is 1. The minimum Gasteiger partial charge on any atom is -0.371 e. The Morgan fingerprint density at radius 2 is 1.47 bits per heavy atom. The second-order valence-corrected chi connectivity index (χ2v) is 11.2. The SMILES string of the molecule is O=C(c1cc(S(=O)(=O)N2CCCCC2)ccc1N1CCCC1)N1CCN(c2ccccn2)CC1. The highest BCUT2D eigenvalue weighted by atomic mass is 32.2. The van der Waals surface area contributed by atoms with Crippen LogP contribution in [0.4, 0.5) is 11.5 Å². The summed E-state index contributed by atoms with van der Waals surface area (Å²) >= 11 is 0. The Bertz CT molecular complexity index is 1100. The number of pyridine rings is 1. The van der Waals surface area contributed by atoms with Crippen LogP contribution in [0.2, 0.25) is 0 Å². The van der Waals surface area contributed by atoms with Crippen LogP contribution in [0.5, 0.6) is 0 Å². The Labute approximate surface area is 202 Å². The number of aromatic nitrogens is 1. The number of rotatable bonds is 5. The lowest BCUT2D eigenvalue weighted by atomic mass is 10.1. The summed E-state index contributed by atoms with van der Waals surface area (Å²) < 4.78 is 28.3. The van der Waals surface area contributed by atoms with E-state index in [1.165, 1.54) is 0 Å². The van der Waals surface area contributed by atoms with Gasteiger partial charge in [0.1, 0.15) is 5.82 Å². The summed E-state index contributed by atoms with van der Waals surface area (Å²) in [5.41, 5.74) is 1.36. The van der Waals surface area contributed by atoms with Gasteiger partial charge >= 0.3 is 0 Å². The second kappa shape index (κ2) is 9.92. The summed E-state index contributed by atoms with van der Waals surface area (Å²) in [6, 6.07) is 11.0. The maximum atomic E-state index is 13.7. The molecule has 4 heterocycles. The molecule has 1 aromatic heterocycles. The molecule has 0 bridgehead atoms. The van der Waals surface area contributed by atoms with E-state index in [-0.39, 0.29) is 10.8 Å². The zero-order chi connectivity index (χ0) is 23.5. The average molecular weight is 484 g/mol. The quantitative estimate of drug-likeness (QED) is 0.651. The first kappa shape index (κ1) is 23.1. The molecule has 0 atom stereocenters. The fourth-order valence-corrected chi connectivity index (χ4v) is 6.73. The van der Waals surface area contributed by atoms with Gasteiger partial charge in [0.2, 0.25) is 10.0 Å². The Kier molecular flexibility index (Phi) is 6.74. The molecule has 182 valence electrons. The molecule has 0 unspecified atom stereocenters. The monoisotopic (exact) mass is 483 g/mol. The van der Waals surface area contributed by atoms with Crippen molar-refractivity contribution in [3.63, 3.8) is 0 Å². The van der Waals surface area contributed by atoms with Crippen LogP contribution in [0.25, 0.3) is 0 Å². The molecule has 2 aromatic rings. The van der Waals surface area contributed by atoms with Crippen LogP contribution in [-0.2, 0) is 10.0 Å². The van der Waals surface area contributed by atoms with Gasteiger partial charge in [0.05, 0.1) is 10.5 Å². The normalized spacial score (nSPS) is 20.1. The van der Waals surface area contributed by atoms with Gasteiger partial charge in [-0.1, -0.05) is 12.5 Å². The van der Waals surface area contributed by atoms with Crippen molar-refractivity contribution >= 4 is 27.4 Å². The van der Waals surface area contributed by atoms with Gasteiger partial charge in [0.15, 0.2) is 0 Å². The van der Waals surface area contributed by atoms with Crippen LogP contribution >= 0.6 is 0 Å². The molecule has 0 saturated carbocycles. The van der Waals surface area contributed by atoms with Crippen LogP contribution in [0.3, 0.4) is 0 Å². The van der Waals surface area contributed by atoms with Gasteiger partial charge in [0, 0.05) is 64.2 Å². The van der Waals surface area contributed by atoms with Crippen LogP contribution in [0.15, 0.2) is 47.5 Å². The standard InChI is InChI=1S/C25H33N5O3S/c31-25(29-18-16-28(17-19-29)24-8-2-3-11-26-24)22-20-21(9-10-23(22)27-12-6-7-13-27)34(32,33)30-14-4-1-5-15-30/h2-3,8-11,20H,1,4-7,12-19H2. The van der Waals surface area contributed by atoms with Crippen LogP contribution < -0.4 is 9.80 Å². The Morgan fingerprint density at radius 3 is 2.15 bits per heavy atom. The highest BCUT2D eigenvalue weighted by Gasteiger charge is 2.31. The van der Waals surface area contributed by atoms with E-state index in [1.54, 1.807) is 22.6 Å². The highest BCUT2D eigenvalue weighted by molar-refractivity contribution is 7.89. The van der Waals surface area contributed by atoms with E-state index in [1.807, 2.05) is 29.2 Å². The minimum atomic E-state index is -3.61. The molecule has 0 N–H and O–H groups in total. The number of hydrogen-bond donors (Lipinski definition) is 0. The predicted molar refractivity (Wildman–Crippen MR) is 133 cm³/mol. The van der Waals surface area contributed by atoms with E-state index in [0.717, 1.165) is 56.7 Å². The van der Waals surface area contributed by atoms with E-state index < -0.39 is 10.0 Å². The van der Waals surface area contributed by atoms with Gasteiger partial charge in [-0.15, -0.1) is 0 Å². The van der Waals surface area contributed by atoms with Gasteiger partial charge in [-0.2, -0.15) is 4.31 Å². The lowest BCUT2D eigenvalue weighted by Crippen LogP contribution is -2.49. The number of anilines is 2. The molecule has 3 saturated heterocycles. The van der Waals surface area contributed by atoms with E-state index >= 15 is 0 Å². The smallest absolute Gasteiger partial charge is 0.256 e. The lowest BCUT2D eigenvalue weighted by molar-refractivity contribution is 0.0747. The highest BCUT2D eigenvalue weighted by Crippen LogP contribution is 2.30. The Balaban J connectivity index is 1.40. The molecule has 0 aliphatic carbocycles. The largest absolute Gasteiger partial charge is 0.371 e. The molecule has 3 aliphatic heterocycles. The summed E-state index contributed by atoms with van der Waals surface area (Å²) in [7, 11) is -3.61. The van der Waals surface area contributed by atoms with E-state index in [2.05, 4.69) is 14.8 Å². The number of nitrogens with zero attached hydrogens (tertiary/aromatic N) is 5. The molecule has 8 nitrogen and oxygen atoms in total. The van der Waals surface area contributed by atoms with Crippen LogP contribution in [-0.4, -0.2) is 80.9 Å². The Hall–Kier alpha value is -2.65. The number of benzene rings is 1. The topological polar surface area (TPSA) is 77.1 Å². The number of sulfonamides is 1. The van der Waals surface area contributed by atoms with Crippen molar-refractivity contribution in [1.82, 2.24) is 14.2 Å². The van der Waals surface area contributed by atoms with E-state index in [4.69, 9.17) is 0 Å². The molecule has 3 fully saturated rings. The number of hydrogen-bond acceptors (Lipinski definition) is 6. The minimum absolute atomic E-state index is 0.0849. The fourth-order valence-electron chi connectivity index (χ4n) is 5.18. The molecule has 1 aromatic carbocycles. The lowest BCUT2D eigenvalue weighted by Gasteiger charge is -2.36. The van der Waals surface area contributed by atoms with Gasteiger partial charge in [-0.05, 0) is 56.0 Å². The van der Waals surface area contributed by atoms with Crippen molar-refractivity contribution < 1.29 is 13.2 Å². The molecular weight excluding hydrogens is 450 g/mol. The molecule has 9 heteroatoms. The third kappa shape index (κ3) is 4.63. The van der Waals surface area contributed by atoms with Crippen molar-refractivity contribution in [2.45, 2.75) is 37.0 Å². The van der Waals surface area contributed by atoms with Gasteiger partial charge < -0.3 is 14.7 Å². The third-order valence-corrected chi connectivity index (χ3v) is 9.03. The number of carbonyl (C=O) groups excluding carboxylic acids is 1. The fraction of sp³-hybridized carbons (Fsp3) is 0.520. The molecular formula is C25H33N5O3S. The van der Waals surface area contributed by atoms with E-state index in [0.29, 0.717) is 44.8 Å². The molecule has 0 spiro atoms. The average Bonchev–Trinajstić information content (AvgIpc) is 3.44. The molecule has 34 heavy (non-hydrogen) atoms. The molecule has 1 amide bonds. The van der Waals surface area contributed by atoms with Crippen molar-refractivity contribution in [3.8, 4) is 0 Å². The maximum Gasteiger partial charge on any atom is 0.256 e. The van der Waals surface area contributed by atoms with Gasteiger partial charge in [0.25, 0.3) is 5.91 Å². The molecule has 0 radical (unpaired) electrons. The van der Waals surface area contributed by atoms with Crippen LogP contribution in [0, 0.1) is 0 Å². The van der Waals surface area contributed by atoms with Gasteiger partial charge in [-0.3, -0.25) is 4.79 Å². The van der Waals surface area contributed by atoms with E-state index in [9.17, 15) is 13.2 Å². The zero-order valence-electron chi connectivity index (χ0n) is 19.6. The first-order chi connectivity index (χ1) is 16.5. The first-order valence-corrected chi connectivity index (χ1v) is 13.8. The van der Waals surface area contributed by atoms with Gasteiger partial charge in [-0.25, -0.2) is 13.4 Å².